The van der Waals surface area contributed by atoms with Gasteiger partial charge in [-0.15, -0.1) is 0 Å². The second-order valence-electron chi connectivity index (χ2n) is 5.71. The van der Waals surface area contributed by atoms with Crippen LogP contribution in [0.5, 0.6) is 5.75 Å². The van der Waals surface area contributed by atoms with Crippen LogP contribution in [0.3, 0.4) is 0 Å². The Labute approximate surface area is 169 Å². The summed E-state index contributed by atoms with van der Waals surface area (Å²) in [6.07, 6.45) is 1.34. The molecule has 1 N–H and O–H groups in total. The van der Waals surface area contributed by atoms with E-state index in [1.54, 1.807) is 20.0 Å². The number of aryl methyl sites for hydroxylation is 1. The van der Waals surface area contributed by atoms with Crippen molar-refractivity contribution < 1.29 is 23.5 Å². The standard InChI is InChI=1S/C19H18BrN3O5/c1-3-26-19(25)15-10-21-23(2)17(15)22-18(24)16-9-8-14(28-16)11-27-13-6-4-12(20)5-7-13/h4-10H,3,11H2,1-2H3,(H,22,24). The van der Waals surface area contributed by atoms with Gasteiger partial charge in [-0.1, -0.05) is 15.9 Å². The van der Waals surface area contributed by atoms with E-state index in [2.05, 4.69) is 26.3 Å². The fourth-order valence-electron chi connectivity index (χ4n) is 2.38. The number of hydrogen-bond acceptors (Lipinski definition) is 6. The largest absolute Gasteiger partial charge is 0.486 e. The van der Waals surface area contributed by atoms with Crippen molar-refractivity contribution in [2.45, 2.75) is 13.5 Å². The van der Waals surface area contributed by atoms with E-state index in [1.165, 1.54) is 16.9 Å². The van der Waals surface area contributed by atoms with E-state index in [4.69, 9.17) is 13.9 Å². The number of halogens is 1. The minimum absolute atomic E-state index is 0.0883. The van der Waals surface area contributed by atoms with Gasteiger partial charge in [-0.05, 0) is 43.3 Å². The molecule has 28 heavy (non-hydrogen) atoms. The molecule has 0 unspecified atom stereocenters. The molecule has 1 amide bonds. The number of carbonyl (C=O) groups excluding carboxylic acids is 2. The van der Waals surface area contributed by atoms with Gasteiger partial charge < -0.3 is 19.2 Å². The smallest absolute Gasteiger partial charge is 0.343 e. The van der Waals surface area contributed by atoms with Gasteiger partial charge in [-0.2, -0.15) is 5.10 Å². The van der Waals surface area contributed by atoms with Crippen LogP contribution in [-0.2, 0) is 18.4 Å². The summed E-state index contributed by atoms with van der Waals surface area (Å²) < 4.78 is 18.5. The molecule has 0 aliphatic carbocycles. The van der Waals surface area contributed by atoms with E-state index in [0.29, 0.717) is 11.5 Å². The number of nitrogens with zero attached hydrogens (tertiary/aromatic N) is 2. The van der Waals surface area contributed by atoms with Crippen LogP contribution >= 0.6 is 15.9 Å². The number of benzene rings is 1. The maximum Gasteiger partial charge on any atom is 0.343 e. The molecule has 3 rings (SSSR count). The fraction of sp³-hybridized carbons (Fsp3) is 0.211. The maximum atomic E-state index is 12.5. The average Bonchev–Trinajstić information content (AvgIpc) is 3.29. The Hall–Kier alpha value is -3.07. The first kappa shape index (κ1) is 19.7. The van der Waals surface area contributed by atoms with Crippen LogP contribution in [0.15, 0.2) is 51.5 Å². The summed E-state index contributed by atoms with van der Waals surface area (Å²) in [6, 6.07) is 10.6. The third-order valence-electron chi connectivity index (χ3n) is 3.75. The highest BCUT2D eigenvalue weighted by molar-refractivity contribution is 9.10. The molecular formula is C19H18BrN3O5. The van der Waals surface area contributed by atoms with E-state index in [-0.39, 0.29) is 30.4 Å². The molecule has 3 aromatic rings. The van der Waals surface area contributed by atoms with Crippen LogP contribution < -0.4 is 10.1 Å². The summed E-state index contributed by atoms with van der Waals surface area (Å²) in [7, 11) is 1.61. The van der Waals surface area contributed by atoms with E-state index in [9.17, 15) is 9.59 Å². The molecule has 0 aliphatic rings. The highest BCUT2D eigenvalue weighted by atomic mass is 79.9. The van der Waals surface area contributed by atoms with Crippen molar-refractivity contribution in [3.63, 3.8) is 0 Å². The van der Waals surface area contributed by atoms with Crippen molar-refractivity contribution >= 4 is 33.6 Å². The molecule has 2 heterocycles. The third-order valence-corrected chi connectivity index (χ3v) is 4.27. The molecule has 0 radical (unpaired) electrons. The molecular weight excluding hydrogens is 430 g/mol. The fourth-order valence-corrected chi connectivity index (χ4v) is 2.64. The van der Waals surface area contributed by atoms with Crippen molar-refractivity contribution in [3.05, 3.63) is 64.2 Å². The van der Waals surface area contributed by atoms with Crippen LogP contribution in [0.25, 0.3) is 0 Å². The van der Waals surface area contributed by atoms with Gasteiger partial charge in [0.1, 0.15) is 29.5 Å². The number of aromatic nitrogens is 2. The molecule has 0 bridgehead atoms. The van der Waals surface area contributed by atoms with Gasteiger partial charge in [0.2, 0.25) is 0 Å². The van der Waals surface area contributed by atoms with Crippen molar-refractivity contribution in [2.24, 2.45) is 7.05 Å². The lowest BCUT2D eigenvalue weighted by Gasteiger charge is -2.07. The van der Waals surface area contributed by atoms with Crippen LogP contribution in [-0.4, -0.2) is 28.3 Å². The van der Waals surface area contributed by atoms with Crippen LogP contribution in [0.2, 0.25) is 0 Å². The van der Waals surface area contributed by atoms with E-state index >= 15 is 0 Å². The number of carbonyl (C=O) groups is 2. The minimum atomic E-state index is -0.561. The van der Waals surface area contributed by atoms with Crippen molar-refractivity contribution in [1.29, 1.82) is 0 Å². The van der Waals surface area contributed by atoms with Gasteiger partial charge in [-0.3, -0.25) is 9.48 Å². The van der Waals surface area contributed by atoms with Gasteiger partial charge in [0.15, 0.2) is 5.76 Å². The Kier molecular flexibility index (Phi) is 6.15. The molecule has 0 saturated carbocycles. The molecule has 0 aliphatic heterocycles. The van der Waals surface area contributed by atoms with Gasteiger partial charge in [0.25, 0.3) is 5.91 Å². The second kappa shape index (κ2) is 8.75. The zero-order valence-electron chi connectivity index (χ0n) is 15.3. The highest BCUT2D eigenvalue weighted by Crippen LogP contribution is 2.20. The average molecular weight is 448 g/mol. The number of rotatable bonds is 7. The van der Waals surface area contributed by atoms with Crippen LogP contribution in [0.1, 0.15) is 33.6 Å². The molecule has 2 aromatic heterocycles. The number of furan rings is 1. The lowest BCUT2D eigenvalue weighted by Crippen LogP contribution is -2.17. The highest BCUT2D eigenvalue weighted by Gasteiger charge is 2.21. The summed E-state index contributed by atoms with van der Waals surface area (Å²) in [5.41, 5.74) is 0.169. The Morgan fingerprint density at radius 1 is 1.21 bits per heavy atom. The molecule has 8 nitrogen and oxygen atoms in total. The number of amides is 1. The zero-order valence-corrected chi connectivity index (χ0v) is 16.9. The lowest BCUT2D eigenvalue weighted by atomic mass is 10.3. The Bertz CT molecular complexity index is 978. The SMILES string of the molecule is CCOC(=O)c1cnn(C)c1NC(=O)c1ccc(COc2ccc(Br)cc2)o1. The van der Waals surface area contributed by atoms with Crippen molar-refractivity contribution in [1.82, 2.24) is 9.78 Å². The van der Waals surface area contributed by atoms with Crippen LogP contribution in [0.4, 0.5) is 5.82 Å². The summed E-state index contributed by atoms with van der Waals surface area (Å²) in [4.78, 5) is 24.5. The molecule has 0 fully saturated rings. The number of nitrogens with one attached hydrogen (secondary N) is 1. The molecule has 9 heteroatoms. The van der Waals surface area contributed by atoms with Crippen molar-refractivity contribution in [3.8, 4) is 5.75 Å². The predicted molar refractivity (Wildman–Crippen MR) is 104 cm³/mol. The first-order valence-corrected chi connectivity index (χ1v) is 9.24. The van der Waals surface area contributed by atoms with E-state index in [1.807, 2.05) is 24.3 Å². The van der Waals surface area contributed by atoms with Gasteiger partial charge in [0.05, 0.1) is 12.8 Å². The number of ether oxygens (including phenoxy) is 2. The molecule has 0 atom stereocenters. The third kappa shape index (κ3) is 4.61. The predicted octanol–water partition coefficient (Wildman–Crippen LogP) is 3.78. The maximum absolute atomic E-state index is 12.5. The summed E-state index contributed by atoms with van der Waals surface area (Å²) in [5, 5.41) is 6.62. The molecule has 0 saturated heterocycles. The van der Waals surface area contributed by atoms with Gasteiger partial charge in [-0.25, -0.2) is 4.79 Å². The minimum Gasteiger partial charge on any atom is -0.486 e. The van der Waals surface area contributed by atoms with Crippen LogP contribution in [0, 0.1) is 0 Å². The number of anilines is 1. The Balaban J connectivity index is 1.65. The van der Waals surface area contributed by atoms with Gasteiger partial charge >= 0.3 is 5.97 Å². The molecule has 146 valence electrons. The zero-order chi connectivity index (χ0) is 20.1. The van der Waals surface area contributed by atoms with E-state index < -0.39 is 11.9 Å². The second-order valence-corrected chi connectivity index (χ2v) is 6.63. The Morgan fingerprint density at radius 2 is 1.96 bits per heavy atom. The van der Waals surface area contributed by atoms with Crippen molar-refractivity contribution in [2.75, 3.05) is 11.9 Å². The summed E-state index contributed by atoms with van der Waals surface area (Å²) in [5.74, 6) is 0.416. The first-order valence-electron chi connectivity index (χ1n) is 8.45. The topological polar surface area (TPSA) is 95.6 Å². The monoisotopic (exact) mass is 447 g/mol. The summed E-state index contributed by atoms with van der Waals surface area (Å²) in [6.45, 7) is 2.10. The van der Waals surface area contributed by atoms with Gasteiger partial charge in [0, 0.05) is 11.5 Å². The normalized spacial score (nSPS) is 10.5. The molecule has 0 spiro atoms. The first-order chi connectivity index (χ1) is 13.5. The molecule has 1 aromatic carbocycles. The summed E-state index contributed by atoms with van der Waals surface area (Å²) >= 11 is 3.36. The lowest BCUT2D eigenvalue weighted by molar-refractivity contribution is 0.0527. The quantitative estimate of drug-likeness (QED) is 0.553. The number of esters is 1. The Morgan fingerprint density at radius 3 is 2.68 bits per heavy atom. The number of hydrogen-bond donors (Lipinski definition) is 1. The van der Waals surface area contributed by atoms with E-state index in [0.717, 1.165) is 4.47 Å².